The van der Waals surface area contributed by atoms with Crippen LogP contribution in [0.3, 0.4) is 0 Å². The number of carbonyl (C=O) groups is 2. The molecule has 2 amide bonds. The van der Waals surface area contributed by atoms with Gasteiger partial charge in [-0.25, -0.2) is 8.78 Å². The highest BCUT2D eigenvalue weighted by atomic mass is 19.1. The number of rotatable bonds is 5. The Labute approximate surface area is 160 Å². The van der Waals surface area contributed by atoms with Crippen LogP contribution in [0.25, 0.3) is 0 Å². The van der Waals surface area contributed by atoms with E-state index in [-0.39, 0.29) is 35.9 Å². The predicted molar refractivity (Wildman–Crippen MR) is 98.4 cm³/mol. The maximum atomic E-state index is 14.5. The first-order valence-corrected chi connectivity index (χ1v) is 8.71. The number of fused-ring (bicyclic) bond motifs is 1. The third-order valence-corrected chi connectivity index (χ3v) is 4.42. The highest BCUT2D eigenvalue weighted by Gasteiger charge is 2.30. The Bertz CT molecular complexity index is 917. The van der Waals surface area contributed by atoms with Crippen LogP contribution >= 0.6 is 0 Å². The van der Waals surface area contributed by atoms with Gasteiger partial charge in [-0.2, -0.15) is 0 Å². The average molecular weight is 390 g/mol. The maximum Gasteiger partial charge on any atom is 0.259 e. The highest BCUT2D eigenvalue weighted by molar-refractivity contribution is 6.06. The average Bonchev–Trinajstić information content (AvgIpc) is 2.65. The largest absolute Gasteiger partial charge is 0.492 e. The van der Waals surface area contributed by atoms with E-state index in [9.17, 15) is 18.4 Å². The fourth-order valence-electron chi connectivity index (χ4n) is 3.09. The Morgan fingerprint density at radius 1 is 1.21 bits per heavy atom. The summed E-state index contributed by atoms with van der Waals surface area (Å²) in [6.07, 6.45) is 0.363. The van der Waals surface area contributed by atoms with Gasteiger partial charge in [0.1, 0.15) is 24.0 Å². The summed E-state index contributed by atoms with van der Waals surface area (Å²) < 4.78 is 38.2. The molecule has 1 aliphatic heterocycles. The first kappa shape index (κ1) is 19.8. The summed E-state index contributed by atoms with van der Waals surface area (Å²) in [4.78, 5) is 24.6. The van der Waals surface area contributed by atoms with Crippen LogP contribution in [0.5, 0.6) is 5.75 Å². The molecule has 2 N–H and O–H groups in total. The molecule has 3 rings (SSSR count). The van der Waals surface area contributed by atoms with Gasteiger partial charge in [-0.3, -0.25) is 9.59 Å². The Morgan fingerprint density at radius 2 is 1.96 bits per heavy atom. The molecule has 0 fully saturated rings. The second kappa shape index (κ2) is 8.35. The van der Waals surface area contributed by atoms with Gasteiger partial charge in [-0.15, -0.1) is 0 Å². The number of anilines is 1. The standard InChI is InChI=1S/C20H20F2N2O4/c1-11-9-12(3-5-14(11)21)23-20(26)13-4-6-15(22)18-16(7-8-28-19(13)18)24-17(25)10-27-2/h3-6,9,16H,7-8,10H2,1-2H3,(H,23,26)(H,24,25)/t16-/m0/s1. The van der Waals surface area contributed by atoms with Crippen molar-refractivity contribution < 1.29 is 27.8 Å². The predicted octanol–water partition coefficient (Wildman–Crippen LogP) is 3.11. The third kappa shape index (κ3) is 4.12. The molecule has 0 saturated carbocycles. The van der Waals surface area contributed by atoms with Crippen molar-refractivity contribution in [3.63, 3.8) is 0 Å². The van der Waals surface area contributed by atoms with E-state index in [1.54, 1.807) is 6.92 Å². The zero-order chi connectivity index (χ0) is 20.3. The van der Waals surface area contributed by atoms with E-state index in [1.807, 2.05) is 0 Å². The summed E-state index contributed by atoms with van der Waals surface area (Å²) in [7, 11) is 1.39. The summed E-state index contributed by atoms with van der Waals surface area (Å²) in [5.41, 5.74) is 1.04. The van der Waals surface area contributed by atoms with E-state index in [4.69, 9.17) is 9.47 Å². The zero-order valence-electron chi connectivity index (χ0n) is 15.5. The van der Waals surface area contributed by atoms with Crippen molar-refractivity contribution in [2.45, 2.75) is 19.4 Å². The van der Waals surface area contributed by atoms with Crippen molar-refractivity contribution >= 4 is 17.5 Å². The molecule has 0 radical (unpaired) electrons. The molecule has 0 bridgehead atoms. The molecular formula is C20H20F2N2O4. The molecule has 1 heterocycles. The van der Waals surface area contributed by atoms with E-state index in [1.165, 1.54) is 31.4 Å². The number of aryl methyl sites for hydroxylation is 1. The molecule has 148 valence electrons. The van der Waals surface area contributed by atoms with Gasteiger partial charge in [0, 0.05) is 19.2 Å². The van der Waals surface area contributed by atoms with Crippen molar-refractivity contribution in [1.29, 1.82) is 0 Å². The summed E-state index contributed by atoms with van der Waals surface area (Å²) in [6.45, 7) is 1.64. The van der Waals surface area contributed by atoms with Gasteiger partial charge in [0.15, 0.2) is 0 Å². The molecule has 2 aromatic rings. The number of nitrogens with one attached hydrogen (secondary N) is 2. The molecule has 1 aliphatic rings. The lowest BCUT2D eigenvalue weighted by atomic mass is 9.96. The quantitative estimate of drug-likeness (QED) is 0.823. The van der Waals surface area contributed by atoms with Crippen LogP contribution in [0.15, 0.2) is 30.3 Å². The van der Waals surface area contributed by atoms with Gasteiger partial charge < -0.3 is 20.1 Å². The molecular weight excluding hydrogens is 370 g/mol. The maximum absolute atomic E-state index is 14.5. The van der Waals surface area contributed by atoms with Gasteiger partial charge in [0.2, 0.25) is 5.91 Å². The third-order valence-electron chi connectivity index (χ3n) is 4.42. The number of benzene rings is 2. The summed E-state index contributed by atoms with van der Waals surface area (Å²) in [6, 6.07) is 6.03. The molecule has 0 unspecified atom stereocenters. The Kier molecular flexibility index (Phi) is 5.89. The highest BCUT2D eigenvalue weighted by Crippen LogP contribution is 2.37. The van der Waals surface area contributed by atoms with Crippen LogP contribution in [0, 0.1) is 18.6 Å². The van der Waals surface area contributed by atoms with E-state index in [0.29, 0.717) is 17.7 Å². The number of carbonyl (C=O) groups excluding carboxylic acids is 2. The van der Waals surface area contributed by atoms with Gasteiger partial charge in [-0.1, -0.05) is 0 Å². The molecule has 0 aliphatic carbocycles. The van der Waals surface area contributed by atoms with Crippen LogP contribution in [-0.4, -0.2) is 32.1 Å². The first-order valence-electron chi connectivity index (χ1n) is 8.71. The Hall–Kier alpha value is -3.00. The molecule has 0 aromatic heterocycles. The number of hydrogen-bond donors (Lipinski definition) is 2. The minimum Gasteiger partial charge on any atom is -0.492 e. The molecule has 0 spiro atoms. The summed E-state index contributed by atoms with van der Waals surface area (Å²) >= 11 is 0. The van der Waals surface area contributed by atoms with Gasteiger partial charge >= 0.3 is 0 Å². The number of halogens is 2. The van der Waals surface area contributed by atoms with Gasteiger partial charge in [-0.05, 0) is 42.8 Å². The van der Waals surface area contributed by atoms with Crippen LogP contribution < -0.4 is 15.4 Å². The van der Waals surface area contributed by atoms with Crippen molar-refractivity contribution in [2.24, 2.45) is 0 Å². The minimum atomic E-state index is -0.632. The normalized spacial score (nSPS) is 15.4. The molecule has 8 heteroatoms. The molecule has 1 atom stereocenters. The van der Waals surface area contributed by atoms with E-state index >= 15 is 0 Å². The number of methoxy groups -OCH3 is 1. The van der Waals surface area contributed by atoms with Gasteiger partial charge in [0.05, 0.1) is 23.8 Å². The molecule has 2 aromatic carbocycles. The van der Waals surface area contributed by atoms with E-state index in [2.05, 4.69) is 10.6 Å². The van der Waals surface area contributed by atoms with Crippen LogP contribution in [0.4, 0.5) is 14.5 Å². The fourth-order valence-corrected chi connectivity index (χ4v) is 3.09. The van der Waals surface area contributed by atoms with Crippen LogP contribution in [0.1, 0.15) is 33.9 Å². The van der Waals surface area contributed by atoms with E-state index < -0.39 is 23.7 Å². The number of amides is 2. The minimum absolute atomic E-state index is 0.0882. The Balaban J connectivity index is 1.89. The lowest BCUT2D eigenvalue weighted by Gasteiger charge is -2.28. The van der Waals surface area contributed by atoms with E-state index in [0.717, 1.165) is 6.07 Å². The summed E-state index contributed by atoms with van der Waals surface area (Å²) in [5.74, 6) is -1.78. The molecule has 0 saturated heterocycles. The van der Waals surface area contributed by atoms with Crippen molar-refractivity contribution in [2.75, 3.05) is 25.6 Å². The van der Waals surface area contributed by atoms with Crippen LogP contribution in [0.2, 0.25) is 0 Å². The fraction of sp³-hybridized carbons (Fsp3) is 0.300. The lowest BCUT2D eigenvalue weighted by molar-refractivity contribution is -0.125. The Morgan fingerprint density at radius 3 is 2.68 bits per heavy atom. The lowest BCUT2D eigenvalue weighted by Crippen LogP contribution is -2.35. The molecule has 6 nitrogen and oxygen atoms in total. The topological polar surface area (TPSA) is 76.7 Å². The molecule has 28 heavy (non-hydrogen) atoms. The number of hydrogen-bond acceptors (Lipinski definition) is 4. The SMILES string of the molecule is COCC(=O)N[C@H]1CCOc2c(C(=O)Nc3ccc(F)c(C)c3)ccc(F)c21. The van der Waals surface area contributed by atoms with Crippen LogP contribution in [-0.2, 0) is 9.53 Å². The second-order valence-electron chi connectivity index (χ2n) is 6.45. The van der Waals surface area contributed by atoms with Crippen molar-refractivity contribution in [1.82, 2.24) is 5.32 Å². The van der Waals surface area contributed by atoms with Gasteiger partial charge in [0.25, 0.3) is 5.91 Å². The first-order chi connectivity index (χ1) is 13.4. The second-order valence-corrected chi connectivity index (χ2v) is 6.45. The number of ether oxygens (including phenoxy) is 2. The summed E-state index contributed by atoms with van der Waals surface area (Å²) in [5, 5.41) is 5.35. The van der Waals surface area contributed by atoms with Crippen molar-refractivity contribution in [3.8, 4) is 5.75 Å². The zero-order valence-corrected chi connectivity index (χ0v) is 15.5. The van der Waals surface area contributed by atoms with Crippen molar-refractivity contribution in [3.05, 3.63) is 58.7 Å². The monoisotopic (exact) mass is 390 g/mol. The smallest absolute Gasteiger partial charge is 0.259 e.